The third-order valence-corrected chi connectivity index (χ3v) is 5.93. The van der Waals surface area contributed by atoms with Gasteiger partial charge in [0, 0.05) is 7.05 Å². The molecular weight excluding hydrogens is 392 g/mol. The number of carbonyl (C=O) groups excluding carboxylic acids is 1. The molecule has 1 saturated heterocycles. The van der Waals surface area contributed by atoms with E-state index >= 15 is 0 Å². The molecule has 1 aliphatic rings. The first-order valence-corrected chi connectivity index (χ1v) is 10.4. The smallest absolute Gasteiger partial charge is 0.266 e. The lowest BCUT2D eigenvalue weighted by Gasteiger charge is -2.07. The molecule has 0 aromatic heterocycles. The van der Waals surface area contributed by atoms with E-state index < -0.39 is 0 Å². The van der Waals surface area contributed by atoms with Crippen molar-refractivity contribution >= 4 is 34.6 Å². The van der Waals surface area contributed by atoms with Crippen LogP contribution in [0.4, 0.5) is 5.69 Å². The quantitative estimate of drug-likeness (QED) is 0.499. The molecule has 1 heterocycles. The Morgan fingerprint density at radius 3 is 2.40 bits per heavy atom. The van der Waals surface area contributed by atoms with Crippen molar-refractivity contribution in [3.05, 3.63) is 88.8 Å². The number of nitrogens with zero attached hydrogens (tertiary/aromatic N) is 2. The van der Waals surface area contributed by atoms with Crippen LogP contribution < -0.4 is 4.74 Å². The summed E-state index contributed by atoms with van der Waals surface area (Å²) in [5.74, 6) is 0.726. The highest BCUT2D eigenvalue weighted by atomic mass is 32.2. The standard InChI is InChI=1S/C25H22N2O2S/c1-17-7-9-19(10-8-17)20-6-4-5-18(15-20)16-23-24(28)27(2)25(30-23)26-21-11-13-22(29-3)14-12-21/h4-16H,1-3H3/b23-16-,26-25+. The third-order valence-electron chi connectivity index (χ3n) is 4.87. The van der Waals surface area contributed by atoms with Crippen LogP contribution >= 0.6 is 11.8 Å². The lowest BCUT2D eigenvalue weighted by molar-refractivity contribution is -0.121. The van der Waals surface area contributed by atoms with Gasteiger partial charge in [-0.15, -0.1) is 0 Å². The molecule has 1 amide bonds. The largest absolute Gasteiger partial charge is 0.497 e. The zero-order valence-corrected chi connectivity index (χ0v) is 17.9. The zero-order chi connectivity index (χ0) is 21.1. The number of hydrogen-bond donors (Lipinski definition) is 0. The number of hydrogen-bond acceptors (Lipinski definition) is 4. The maximum atomic E-state index is 12.7. The molecule has 5 heteroatoms. The molecule has 1 fully saturated rings. The van der Waals surface area contributed by atoms with Crippen molar-refractivity contribution in [3.63, 3.8) is 0 Å². The van der Waals surface area contributed by atoms with Crippen molar-refractivity contribution in [3.8, 4) is 16.9 Å². The van der Waals surface area contributed by atoms with Crippen LogP contribution in [0.1, 0.15) is 11.1 Å². The van der Waals surface area contributed by atoms with Gasteiger partial charge in [-0.3, -0.25) is 9.69 Å². The second-order valence-electron chi connectivity index (χ2n) is 7.06. The minimum absolute atomic E-state index is 0.0481. The van der Waals surface area contributed by atoms with E-state index in [1.54, 1.807) is 19.1 Å². The van der Waals surface area contributed by atoms with Gasteiger partial charge >= 0.3 is 0 Å². The molecule has 0 bridgehead atoms. The van der Waals surface area contributed by atoms with E-state index in [4.69, 9.17) is 4.74 Å². The van der Waals surface area contributed by atoms with Crippen molar-refractivity contribution in [2.75, 3.05) is 14.2 Å². The Morgan fingerprint density at radius 1 is 0.967 bits per heavy atom. The average Bonchev–Trinajstić information content (AvgIpc) is 3.03. The second-order valence-corrected chi connectivity index (χ2v) is 8.07. The van der Waals surface area contributed by atoms with Crippen LogP contribution in [0.5, 0.6) is 5.75 Å². The summed E-state index contributed by atoms with van der Waals surface area (Å²) >= 11 is 1.39. The number of rotatable bonds is 4. The lowest BCUT2D eigenvalue weighted by atomic mass is 10.0. The molecule has 3 aromatic carbocycles. The maximum Gasteiger partial charge on any atom is 0.266 e. The average molecular weight is 415 g/mol. The van der Waals surface area contributed by atoms with Crippen molar-refractivity contribution in [1.82, 2.24) is 4.90 Å². The Kier molecular flexibility index (Phi) is 5.72. The van der Waals surface area contributed by atoms with Gasteiger partial charge in [-0.25, -0.2) is 4.99 Å². The molecule has 30 heavy (non-hydrogen) atoms. The summed E-state index contributed by atoms with van der Waals surface area (Å²) in [7, 11) is 3.38. The van der Waals surface area contributed by atoms with Crippen molar-refractivity contribution in [2.24, 2.45) is 4.99 Å². The second kappa shape index (κ2) is 8.59. The summed E-state index contributed by atoms with van der Waals surface area (Å²) in [4.78, 5) is 19.6. The minimum Gasteiger partial charge on any atom is -0.497 e. The summed E-state index contributed by atoms with van der Waals surface area (Å²) < 4.78 is 5.18. The molecule has 150 valence electrons. The normalized spacial score (nSPS) is 16.5. The van der Waals surface area contributed by atoms with E-state index in [0.29, 0.717) is 10.1 Å². The van der Waals surface area contributed by atoms with Crippen molar-refractivity contribution in [1.29, 1.82) is 0 Å². The molecule has 1 aliphatic heterocycles. The fourth-order valence-corrected chi connectivity index (χ4v) is 4.11. The molecule has 0 saturated carbocycles. The highest BCUT2D eigenvalue weighted by Crippen LogP contribution is 2.34. The highest BCUT2D eigenvalue weighted by Gasteiger charge is 2.30. The van der Waals surface area contributed by atoms with Crippen molar-refractivity contribution < 1.29 is 9.53 Å². The molecule has 0 N–H and O–H groups in total. The molecule has 0 unspecified atom stereocenters. The van der Waals surface area contributed by atoms with E-state index in [1.165, 1.54) is 17.3 Å². The minimum atomic E-state index is -0.0481. The molecule has 0 spiro atoms. The van der Waals surface area contributed by atoms with Gasteiger partial charge in [0.15, 0.2) is 5.17 Å². The third kappa shape index (κ3) is 4.31. The molecule has 0 atom stereocenters. The van der Waals surface area contributed by atoms with Gasteiger partial charge in [0.05, 0.1) is 17.7 Å². The van der Waals surface area contributed by atoms with E-state index in [-0.39, 0.29) is 5.91 Å². The SMILES string of the molecule is COc1ccc(/N=C2/S/C(=C\c3cccc(-c4ccc(C)cc4)c3)C(=O)N2C)cc1. The van der Waals surface area contributed by atoms with E-state index in [1.807, 2.05) is 42.5 Å². The van der Waals surface area contributed by atoms with Crippen LogP contribution in [-0.2, 0) is 4.79 Å². The van der Waals surface area contributed by atoms with Gasteiger partial charge in [0.2, 0.25) is 0 Å². The molecule has 4 nitrogen and oxygen atoms in total. The van der Waals surface area contributed by atoms with Gasteiger partial charge in [-0.05, 0) is 71.8 Å². The van der Waals surface area contributed by atoms with Crippen LogP contribution in [-0.4, -0.2) is 30.1 Å². The molecular formula is C25H22N2O2S. The lowest BCUT2D eigenvalue weighted by Crippen LogP contribution is -2.23. The van der Waals surface area contributed by atoms with Gasteiger partial charge < -0.3 is 4.74 Å². The number of aryl methyl sites for hydroxylation is 1. The monoisotopic (exact) mass is 414 g/mol. The Hall–Kier alpha value is -3.31. The number of aliphatic imine (C=N–C) groups is 1. The van der Waals surface area contributed by atoms with Gasteiger partial charge in [0.25, 0.3) is 5.91 Å². The summed E-state index contributed by atoms with van der Waals surface area (Å²) in [5, 5.41) is 0.658. The number of amides is 1. The highest BCUT2D eigenvalue weighted by molar-refractivity contribution is 8.18. The summed E-state index contributed by atoms with van der Waals surface area (Å²) in [6.07, 6.45) is 1.93. The van der Waals surface area contributed by atoms with Crippen LogP contribution in [0, 0.1) is 6.92 Å². The molecule has 3 aromatic rings. The number of likely N-dealkylation sites (N-methyl/N-ethyl adjacent to an activating group) is 1. The number of methoxy groups -OCH3 is 1. The van der Waals surface area contributed by atoms with Crippen molar-refractivity contribution in [2.45, 2.75) is 6.92 Å². The Morgan fingerprint density at radius 2 is 1.70 bits per heavy atom. The predicted octanol–water partition coefficient (Wildman–Crippen LogP) is 5.90. The summed E-state index contributed by atoms with van der Waals surface area (Å²) in [6.45, 7) is 2.08. The van der Waals surface area contributed by atoms with Gasteiger partial charge in [0.1, 0.15) is 5.75 Å². The predicted molar refractivity (Wildman–Crippen MR) is 125 cm³/mol. The van der Waals surface area contributed by atoms with E-state index in [9.17, 15) is 4.79 Å². The summed E-state index contributed by atoms with van der Waals surface area (Å²) in [5.41, 5.74) is 5.28. The summed E-state index contributed by atoms with van der Waals surface area (Å²) in [6, 6.07) is 24.1. The molecule has 4 rings (SSSR count). The maximum absolute atomic E-state index is 12.7. The van der Waals surface area contributed by atoms with Crippen LogP contribution in [0.25, 0.3) is 17.2 Å². The Bertz CT molecular complexity index is 1130. The fraction of sp³-hybridized carbons (Fsp3) is 0.120. The number of ether oxygens (including phenoxy) is 1. The van der Waals surface area contributed by atoms with Gasteiger partial charge in [-0.2, -0.15) is 0 Å². The first-order valence-electron chi connectivity index (χ1n) is 9.61. The Balaban J connectivity index is 1.59. The zero-order valence-electron chi connectivity index (χ0n) is 17.1. The number of benzene rings is 3. The van der Waals surface area contributed by atoms with Crippen LogP contribution in [0.2, 0.25) is 0 Å². The topological polar surface area (TPSA) is 41.9 Å². The first kappa shape index (κ1) is 20.0. The molecule has 0 aliphatic carbocycles. The van der Waals surface area contributed by atoms with Crippen LogP contribution in [0.3, 0.4) is 0 Å². The Labute approximate surface area is 180 Å². The number of thioether (sulfide) groups is 1. The number of carbonyl (C=O) groups is 1. The van der Waals surface area contributed by atoms with Crippen LogP contribution in [0.15, 0.2) is 82.7 Å². The van der Waals surface area contributed by atoms with E-state index in [0.717, 1.165) is 28.1 Å². The number of amidine groups is 1. The van der Waals surface area contributed by atoms with E-state index in [2.05, 4.69) is 48.3 Å². The molecule has 0 radical (unpaired) electrons. The first-order chi connectivity index (χ1) is 14.5. The van der Waals surface area contributed by atoms with Gasteiger partial charge in [-0.1, -0.05) is 48.0 Å². The fourth-order valence-electron chi connectivity index (χ4n) is 3.12.